The summed E-state index contributed by atoms with van der Waals surface area (Å²) in [5.74, 6) is 0.0928. The van der Waals surface area contributed by atoms with Gasteiger partial charge in [0.15, 0.2) is 0 Å². The lowest BCUT2D eigenvalue weighted by atomic mass is 10.1. The van der Waals surface area contributed by atoms with E-state index in [1.165, 1.54) is 17.0 Å². The summed E-state index contributed by atoms with van der Waals surface area (Å²) in [5.41, 5.74) is 0.906. The molecule has 1 amide bonds. The standard InChI is InChI=1S/C16H17F2NO2S/c1-11-2-8-14(22-11)10-19-15(20)9-5-12-3-6-13(7-4-12)21-16(17)18/h2-4,6-8,16H,5,9-10H2,1H3,(H,19,20). The van der Waals surface area contributed by atoms with Crippen molar-refractivity contribution in [1.29, 1.82) is 0 Å². The molecule has 22 heavy (non-hydrogen) atoms. The molecule has 0 saturated heterocycles. The van der Waals surface area contributed by atoms with Crippen molar-refractivity contribution >= 4 is 17.2 Å². The lowest BCUT2D eigenvalue weighted by Crippen LogP contribution is -2.22. The molecule has 1 heterocycles. The monoisotopic (exact) mass is 325 g/mol. The summed E-state index contributed by atoms with van der Waals surface area (Å²) < 4.78 is 28.3. The van der Waals surface area contributed by atoms with Gasteiger partial charge in [0.25, 0.3) is 0 Å². The van der Waals surface area contributed by atoms with Crippen LogP contribution in [0.4, 0.5) is 8.78 Å². The number of aryl methyl sites for hydroxylation is 2. The molecule has 2 rings (SSSR count). The van der Waals surface area contributed by atoms with E-state index in [1.54, 1.807) is 23.5 Å². The predicted octanol–water partition coefficient (Wildman–Crippen LogP) is 3.91. The molecule has 2 aromatic rings. The maximum atomic E-state index is 12.0. The molecule has 0 aliphatic heterocycles. The summed E-state index contributed by atoms with van der Waals surface area (Å²) in [6.07, 6.45) is 0.920. The molecule has 1 aromatic heterocycles. The zero-order chi connectivity index (χ0) is 15.9. The number of rotatable bonds is 7. The Morgan fingerprint density at radius 2 is 1.95 bits per heavy atom. The molecule has 118 valence electrons. The Morgan fingerprint density at radius 1 is 1.23 bits per heavy atom. The van der Waals surface area contributed by atoms with Crippen LogP contribution in [0.5, 0.6) is 5.75 Å². The minimum atomic E-state index is -2.82. The van der Waals surface area contributed by atoms with E-state index in [9.17, 15) is 13.6 Å². The summed E-state index contributed by atoms with van der Waals surface area (Å²) >= 11 is 1.66. The van der Waals surface area contributed by atoms with Crippen LogP contribution in [-0.2, 0) is 17.8 Å². The van der Waals surface area contributed by atoms with Gasteiger partial charge < -0.3 is 10.1 Å². The average Bonchev–Trinajstić information content (AvgIpc) is 2.89. The van der Waals surface area contributed by atoms with Gasteiger partial charge >= 0.3 is 6.61 Å². The molecule has 0 aliphatic rings. The van der Waals surface area contributed by atoms with E-state index in [-0.39, 0.29) is 11.7 Å². The fraction of sp³-hybridized carbons (Fsp3) is 0.312. The van der Waals surface area contributed by atoms with Crippen molar-refractivity contribution in [2.75, 3.05) is 0 Å². The maximum Gasteiger partial charge on any atom is 0.387 e. The average molecular weight is 325 g/mol. The lowest BCUT2D eigenvalue weighted by molar-refractivity contribution is -0.121. The van der Waals surface area contributed by atoms with Gasteiger partial charge in [-0.25, -0.2) is 0 Å². The highest BCUT2D eigenvalue weighted by Gasteiger charge is 2.06. The third kappa shape index (κ3) is 5.44. The zero-order valence-corrected chi connectivity index (χ0v) is 13.0. The minimum absolute atomic E-state index is 0.0287. The maximum absolute atomic E-state index is 12.0. The van der Waals surface area contributed by atoms with Gasteiger partial charge in [-0.1, -0.05) is 12.1 Å². The van der Waals surface area contributed by atoms with E-state index >= 15 is 0 Å². The molecule has 0 aliphatic carbocycles. The molecule has 1 N–H and O–H groups in total. The first kappa shape index (κ1) is 16.4. The van der Waals surface area contributed by atoms with Crippen LogP contribution in [0, 0.1) is 6.92 Å². The zero-order valence-electron chi connectivity index (χ0n) is 12.1. The third-order valence-corrected chi connectivity index (χ3v) is 4.05. The molecule has 0 bridgehead atoms. The van der Waals surface area contributed by atoms with Crippen molar-refractivity contribution < 1.29 is 18.3 Å². The normalized spacial score (nSPS) is 10.7. The number of halogens is 2. The summed E-state index contributed by atoms with van der Waals surface area (Å²) in [6.45, 7) is -0.256. The first-order valence-electron chi connectivity index (χ1n) is 6.88. The highest BCUT2D eigenvalue weighted by molar-refractivity contribution is 7.11. The van der Waals surface area contributed by atoms with E-state index in [2.05, 4.69) is 10.1 Å². The lowest BCUT2D eigenvalue weighted by Gasteiger charge is -2.06. The van der Waals surface area contributed by atoms with Gasteiger partial charge in [-0.2, -0.15) is 8.78 Å². The van der Waals surface area contributed by atoms with E-state index < -0.39 is 6.61 Å². The van der Waals surface area contributed by atoms with E-state index in [4.69, 9.17) is 0 Å². The number of nitrogens with one attached hydrogen (secondary N) is 1. The van der Waals surface area contributed by atoms with E-state index in [0.717, 1.165) is 10.4 Å². The molecular formula is C16H17F2NO2S. The summed E-state index contributed by atoms with van der Waals surface area (Å²) in [6, 6.07) is 10.4. The Balaban J connectivity index is 1.73. The van der Waals surface area contributed by atoms with Gasteiger partial charge in [-0.15, -0.1) is 11.3 Å². The van der Waals surface area contributed by atoms with Crippen molar-refractivity contribution in [3.05, 3.63) is 51.7 Å². The van der Waals surface area contributed by atoms with Gasteiger partial charge in [0.05, 0.1) is 6.54 Å². The Bertz CT molecular complexity index is 611. The van der Waals surface area contributed by atoms with Crippen LogP contribution >= 0.6 is 11.3 Å². The number of hydrogen-bond donors (Lipinski definition) is 1. The van der Waals surface area contributed by atoms with Crippen LogP contribution in [0.2, 0.25) is 0 Å². The van der Waals surface area contributed by atoms with E-state index in [0.29, 0.717) is 19.4 Å². The number of carbonyl (C=O) groups excluding carboxylic acids is 1. The Morgan fingerprint density at radius 3 is 2.55 bits per heavy atom. The number of thiophene rings is 1. The van der Waals surface area contributed by atoms with Crippen LogP contribution < -0.4 is 10.1 Å². The van der Waals surface area contributed by atoms with Crippen LogP contribution in [-0.4, -0.2) is 12.5 Å². The Kier molecular flexibility index (Phi) is 5.89. The fourth-order valence-electron chi connectivity index (χ4n) is 1.95. The summed E-state index contributed by atoms with van der Waals surface area (Å²) in [5, 5.41) is 2.87. The number of ether oxygens (including phenoxy) is 1. The second-order valence-corrected chi connectivity index (χ2v) is 6.18. The SMILES string of the molecule is Cc1ccc(CNC(=O)CCc2ccc(OC(F)F)cc2)s1. The number of benzene rings is 1. The minimum Gasteiger partial charge on any atom is -0.435 e. The molecule has 0 fully saturated rings. The van der Waals surface area contributed by atoms with Crippen LogP contribution in [0.25, 0.3) is 0 Å². The summed E-state index contributed by atoms with van der Waals surface area (Å²) in [7, 11) is 0. The largest absolute Gasteiger partial charge is 0.435 e. The van der Waals surface area contributed by atoms with Gasteiger partial charge in [-0.3, -0.25) is 4.79 Å². The second-order valence-electron chi connectivity index (χ2n) is 4.81. The molecule has 6 heteroatoms. The van der Waals surface area contributed by atoms with Crippen molar-refractivity contribution in [2.24, 2.45) is 0 Å². The van der Waals surface area contributed by atoms with Crippen molar-refractivity contribution in [3.63, 3.8) is 0 Å². The smallest absolute Gasteiger partial charge is 0.387 e. The van der Waals surface area contributed by atoms with Crippen molar-refractivity contribution in [3.8, 4) is 5.75 Å². The molecule has 0 unspecified atom stereocenters. The molecule has 3 nitrogen and oxygen atoms in total. The van der Waals surface area contributed by atoms with E-state index in [1.807, 2.05) is 19.1 Å². The molecule has 0 atom stereocenters. The van der Waals surface area contributed by atoms with Gasteiger partial charge in [0.1, 0.15) is 5.75 Å². The van der Waals surface area contributed by atoms with Crippen LogP contribution in [0.3, 0.4) is 0 Å². The molecule has 0 radical (unpaired) electrons. The first-order chi connectivity index (χ1) is 10.5. The van der Waals surface area contributed by atoms with Crippen molar-refractivity contribution in [2.45, 2.75) is 32.9 Å². The molecule has 1 aromatic carbocycles. The Labute approximate surface area is 131 Å². The summed E-state index contributed by atoms with van der Waals surface area (Å²) in [4.78, 5) is 14.1. The van der Waals surface area contributed by atoms with Crippen molar-refractivity contribution in [1.82, 2.24) is 5.32 Å². The quantitative estimate of drug-likeness (QED) is 0.838. The fourth-order valence-corrected chi connectivity index (χ4v) is 2.78. The van der Waals surface area contributed by atoms with Crippen LogP contribution in [0.15, 0.2) is 36.4 Å². The molecular weight excluding hydrogens is 308 g/mol. The van der Waals surface area contributed by atoms with Gasteiger partial charge in [0, 0.05) is 16.2 Å². The van der Waals surface area contributed by atoms with Gasteiger partial charge in [0.2, 0.25) is 5.91 Å². The highest BCUT2D eigenvalue weighted by atomic mass is 32.1. The highest BCUT2D eigenvalue weighted by Crippen LogP contribution is 2.16. The Hall–Kier alpha value is -1.95. The first-order valence-corrected chi connectivity index (χ1v) is 7.70. The molecule has 0 saturated carbocycles. The topological polar surface area (TPSA) is 38.3 Å². The predicted molar refractivity (Wildman–Crippen MR) is 82.3 cm³/mol. The number of alkyl halides is 2. The number of carbonyl (C=O) groups is 1. The molecule has 0 spiro atoms. The second kappa shape index (κ2) is 7.89. The number of hydrogen-bond acceptors (Lipinski definition) is 3. The van der Waals surface area contributed by atoms with Crippen LogP contribution in [0.1, 0.15) is 21.7 Å². The number of amides is 1. The third-order valence-electron chi connectivity index (χ3n) is 3.05. The van der Waals surface area contributed by atoms with Gasteiger partial charge in [-0.05, 0) is 43.2 Å².